The topological polar surface area (TPSA) is 130 Å². The Labute approximate surface area is 221 Å². The van der Waals surface area contributed by atoms with E-state index >= 15 is 0 Å². The molecule has 4 aromatic rings. The largest absolute Gasteiger partial charge is 0.390 e. The van der Waals surface area contributed by atoms with Gasteiger partial charge in [0.05, 0.1) is 17.2 Å². The first-order valence-electron chi connectivity index (χ1n) is 12.1. The number of benzene rings is 2. The summed E-state index contributed by atoms with van der Waals surface area (Å²) in [6, 6.07) is 15.3. The highest BCUT2D eigenvalue weighted by Crippen LogP contribution is 2.31. The number of halogens is 1. The first-order valence-corrected chi connectivity index (χ1v) is 14.0. The summed E-state index contributed by atoms with van der Waals surface area (Å²) in [7, 11) is -3.91. The zero-order valence-corrected chi connectivity index (χ0v) is 22.3. The van der Waals surface area contributed by atoms with Gasteiger partial charge >= 0.3 is 0 Å². The predicted molar refractivity (Wildman–Crippen MR) is 139 cm³/mol. The van der Waals surface area contributed by atoms with Crippen molar-refractivity contribution in [2.24, 2.45) is 0 Å². The van der Waals surface area contributed by atoms with E-state index in [-0.39, 0.29) is 18.0 Å². The lowest BCUT2D eigenvalue weighted by Crippen LogP contribution is -2.36. The van der Waals surface area contributed by atoms with E-state index in [4.69, 9.17) is 11.6 Å². The minimum Gasteiger partial charge on any atom is -0.390 e. The first kappa shape index (κ1) is 26.9. The molecule has 37 heavy (non-hydrogen) atoms. The summed E-state index contributed by atoms with van der Waals surface area (Å²) in [5.74, 6) is 1.14. The zero-order chi connectivity index (χ0) is 26.4. The highest BCUT2D eigenvalue weighted by atomic mass is 35.5. The number of nitrogens with zero attached hydrogens (tertiary/aromatic N) is 6. The van der Waals surface area contributed by atoms with Crippen molar-refractivity contribution < 1.29 is 13.5 Å². The Kier molecular flexibility index (Phi) is 8.70. The van der Waals surface area contributed by atoms with Crippen LogP contribution in [-0.4, -0.2) is 54.5 Å². The average Bonchev–Trinajstić information content (AvgIpc) is 3.54. The fraction of sp³-hybridized carbons (Fsp3) is 0.360. The minimum absolute atomic E-state index is 0.156. The number of aliphatic hydroxyl groups excluding tert-OH is 1. The van der Waals surface area contributed by atoms with Gasteiger partial charge in [0.2, 0.25) is 10.0 Å². The Morgan fingerprint density at radius 3 is 2.43 bits per heavy atom. The molecule has 4 rings (SSSR count). The Hall–Kier alpha value is -3.12. The van der Waals surface area contributed by atoms with Gasteiger partial charge in [-0.25, -0.2) is 18.5 Å². The number of aliphatic hydroxyl groups is 1. The molecule has 12 heteroatoms. The quantitative estimate of drug-likeness (QED) is 0.278. The fourth-order valence-electron chi connectivity index (χ4n) is 4.32. The summed E-state index contributed by atoms with van der Waals surface area (Å²) in [5, 5.41) is 24.2. The third kappa shape index (κ3) is 5.74. The molecule has 196 valence electrons. The lowest BCUT2D eigenvalue weighted by molar-refractivity contribution is 0.271. The van der Waals surface area contributed by atoms with Crippen molar-refractivity contribution in [1.29, 1.82) is 0 Å². The molecule has 0 aliphatic carbocycles. The van der Waals surface area contributed by atoms with Crippen LogP contribution in [-0.2, 0) is 29.6 Å². The van der Waals surface area contributed by atoms with E-state index in [9.17, 15) is 13.5 Å². The standard InChI is InChI=1S/C25H30ClN7O3S/c1-3-5-11-22-27-24(26)21(17-34)32(22)16-18-12-14-20(15-13-18)37(35,36)33(4-2)23(25-28-30-31-29-25)19-9-7-6-8-10-19/h6-10,12-15,23,34H,3-5,11,16-17H2,1-2H3,(H,28,29,30,31)/t23-/m1/s1. The van der Waals surface area contributed by atoms with Gasteiger partial charge in [-0.15, -0.1) is 5.10 Å². The maximum Gasteiger partial charge on any atom is 0.244 e. The molecule has 10 nitrogen and oxygen atoms in total. The number of aryl methyl sites for hydroxylation is 1. The van der Waals surface area contributed by atoms with Crippen LogP contribution in [0.3, 0.4) is 0 Å². The number of imidazole rings is 1. The number of nitrogens with one attached hydrogen (secondary N) is 1. The van der Waals surface area contributed by atoms with Gasteiger partial charge < -0.3 is 9.67 Å². The number of aromatic amines is 1. The van der Waals surface area contributed by atoms with Crippen molar-refractivity contribution in [3.63, 3.8) is 0 Å². The van der Waals surface area contributed by atoms with Gasteiger partial charge in [-0.3, -0.25) is 0 Å². The first-order chi connectivity index (χ1) is 17.9. The second-order valence-corrected chi connectivity index (χ2v) is 10.8. The van der Waals surface area contributed by atoms with Crippen molar-refractivity contribution in [3.05, 3.63) is 88.2 Å². The summed E-state index contributed by atoms with van der Waals surface area (Å²) in [6.07, 6.45) is 2.70. The number of hydrogen-bond donors (Lipinski definition) is 2. The molecule has 0 unspecified atom stereocenters. The van der Waals surface area contributed by atoms with Crippen molar-refractivity contribution in [2.75, 3.05) is 6.54 Å². The number of sulfonamides is 1. The van der Waals surface area contributed by atoms with E-state index in [0.717, 1.165) is 36.2 Å². The molecule has 0 amide bonds. The van der Waals surface area contributed by atoms with Crippen LogP contribution in [0.4, 0.5) is 0 Å². The van der Waals surface area contributed by atoms with Crippen LogP contribution in [0.1, 0.15) is 61.2 Å². The average molecular weight is 544 g/mol. The smallest absolute Gasteiger partial charge is 0.244 e. The van der Waals surface area contributed by atoms with E-state index in [1.165, 1.54) is 4.31 Å². The van der Waals surface area contributed by atoms with Gasteiger partial charge in [0.1, 0.15) is 11.9 Å². The third-order valence-electron chi connectivity index (χ3n) is 6.21. The van der Waals surface area contributed by atoms with E-state index in [1.54, 1.807) is 31.2 Å². The SMILES string of the molecule is CCCCc1nc(Cl)c(CO)n1Cc1ccc(S(=O)(=O)N(CC)[C@H](c2ccccc2)c2nnn[nH]2)cc1. The monoisotopic (exact) mass is 543 g/mol. The van der Waals surface area contributed by atoms with Crippen LogP contribution in [0.5, 0.6) is 0 Å². The molecule has 2 N–H and O–H groups in total. The minimum atomic E-state index is -3.91. The summed E-state index contributed by atoms with van der Waals surface area (Å²) < 4.78 is 30.9. The maximum atomic E-state index is 13.8. The van der Waals surface area contributed by atoms with Gasteiger partial charge in [-0.2, -0.15) is 4.31 Å². The molecule has 2 heterocycles. The molecule has 2 aromatic heterocycles. The molecule has 1 atom stereocenters. The zero-order valence-electron chi connectivity index (χ0n) is 20.7. The highest BCUT2D eigenvalue weighted by Gasteiger charge is 2.34. The number of H-pyrrole nitrogens is 1. The summed E-state index contributed by atoms with van der Waals surface area (Å²) in [6.45, 7) is 4.28. The fourth-order valence-corrected chi connectivity index (χ4v) is 6.17. The molecule has 0 fully saturated rings. The number of unbranched alkanes of at least 4 members (excludes halogenated alkanes) is 1. The Morgan fingerprint density at radius 2 is 1.84 bits per heavy atom. The Balaban J connectivity index is 1.64. The van der Waals surface area contributed by atoms with Gasteiger partial charge in [0.25, 0.3) is 0 Å². The van der Waals surface area contributed by atoms with Crippen molar-refractivity contribution in [2.45, 2.75) is 57.2 Å². The van der Waals surface area contributed by atoms with Crippen molar-refractivity contribution in [3.8, 4) is 0 Å². The van der Waals surface area contributed by atoms with E-state index < -0.39 is 16.1 Å². The summed E-state index contributed by atoms with van der Waals surface area (Å²) >= 11 is 6.26. The molecule has 0 radical (unpaired) electrons. The van der Waals surface area contributed by atoms with E-state index in [1.807, 2.05) is 34.9 Å². The lowest BCUT2D eigenvalue weighted by Gasteiger charge is -2.28. The van der Waals surface area contributed by atoms with Gasteiger partial charge in [0, 0.05) is 19.5 Å². The normalized spacial score (nSPS) is 12.8. The molecule has 0 saturated heterocycles. The van der Waals surface area contributed by atoms with Crippen LogP contribution in [0, 0.1) is 0 Å². The molecule has 0 bridgehead atoms. The predicted octanol–water partition coefficient (Wildman–Crippen LogP) is 3.73. The maximum absolute atomic E-state index is 13.8. The van der Waals surface area contributed by atoms with Gasteiger partial charge in [0.15, 0.2) is 11.0 Å². The lowest BCUT2D eigenvalue weighted by atomic mass is 10.1. The second kappa shape index (κ2) is 12.0. The summed E-state index contributed by atoms with van der Waals surface area (Å²) in [5.41, 5.74) is 2.16. The van der Waals surface area contributed by atoms with Crippen LogP contribution in [0.2, 0.25) is 5.15 Å². The number of tetrazole rings is 1. The molecule has 0 saturated carbocycles. The van der Waals surface area contributed by atoms with Crippen LogP contribution in [0.25, 0.3) is 0 Å². The number of aromatic nitrogens is 6. The van der Waals surface area contributed by atoms with E-state index in [0.29, 0.717) is 23.2 Å². The van der Waals surface area contributed by atoms with Crippen molar-refractivity contribution in [1.82, 2.24) is 34.5 Å². The highest BCUT2D eigenvalue weighted by molar-refractivity contribution is 7.89. The van der Waals surface area contributed by atoms with Crippen LogP contribution in [0.15, 0.2) is 59.5 Å². The molecule has 0 aliphatic heterocycles. The van der Waals surface area contributed by atoms with Gasteiger partial charge in [-0.05, 0) is 40.1 Å². The third-order valence-corrected chi connectivity index (χ3v) is 8.47. The number of hydrogen-bond acceptors (Lipinski definition) is 7. The molecule has 0 aliphatic rings. The Morgan fingerprint density at radius 1 is 1.11 bits per heavy atom. The second-order valence-electron chi connectivity index (χ2n) is 8.57. The van der Waals surface area contributed by atoms with Crippen LogP contribution >= 0.6 is 11.6 Å². The Bertz CT molecular complexity index is 1390. The molecule has 0 spiro atoms. The molecular weight excluding hydrogens is 514 g/mol. The molecule has 2 aromatic carbocycles. The van der Waals surface area contributed by atoms with E-state index in [2.05, 4.69) is 32.5 Å². The number of rotatable bonds is 12. The summed E-state index contributed by atoms with van der Waals surface area (Å²) in [4.78, 5) is 4.58. The van der Waals surface area contributed by atoms with Crippen LogP contribution < -0.4 is 0 Å². The molecular formula is C25H30ClN7O3S. The van der Waals surface area contributed by atoms with Crippen molar-refractivity contribution >= 4 is 21.6 Å². The van der Waals surface area contributed by atoms with Gasteiger partial charge in [-0.1, -0.05) is 74.3 Å².